The molecule has 0 saturated heterocycles. The third-order valence-corrected chi connectivity index (χ3v) is 3.31. The first-order chi connectivity index (χ1) is 10.2. The molecule has 2 aromatic rings. The number of rotatable bonds is 3. The van der Waals surface area contributed by atoms with Gasteiger partial charge in [0.25, 0.3) is 0 Å². The third-order valence-electron chi connectivity index (χ3n) is 3.31. The summed E-state index contributed by atoms with van der Waals surface area (Å²) in [7, 11) is 1.31. The van der Waals surface area contributed by atoms with E-state index in [2.05, 4.69) is 16.0 Å². The summed E-state index contributed by atoms with van der Waals surface area (Å²) in [5, 5.41) is 8.96. The smallest absolute Gasteiger partial charge is 0.358 e. The maximum absolute atomic E-state index is 11.7. The molecule has 0 radical (unpaired) electrons. The van der Waals surface area contributed by atoms with Gasteiger partial charge in [0, 0.05) is 11.4 Å². The molecule has 0 bridgehead atoms. The van der Waals surface area contributed by atoms with Gasteiger partial charge in [-0.3, -0.25) is 4.57 Å². The number of nitrogens with zero attached hydrogens (tertiary/aromatic N) is 4. The Hall–Kier alpha value is -2.94. The van der Waals surface area contributed by atoms with Crippen molar-refractivity contribution in [1.29, 1.82) is 5.26 Å². The van der Waals surface area contributed by atoms with E-state index in [1.807, 2.05) is 22.8 Å². The number of carbonyl (C=O) groups is 1. The van der Waals surface area contributed by atoms with Crippen LogP contribution in [0.3, 0.4) is 0 Å². The zero-order valence-corrected chi connectivity index (χ0v) is 11.6. The fourth-order valence-electron chi connectivity index (χ4n) is 2.26. The Morgan fingerprint density at radius 1 is 1.48 bits per heavy atom. The molecular weight excluding hydrogens is 268 g/mol. The molecule has 21 heavy (non-hydrogen) atoms. The lowest BCUT2D eigenvalue weighted by Crippen LogP contribution is -2.10. The second-order valence-corrected chi connectivity index (χ2v) is 4.61. The SMILES string of the molecule is COC(=O)c1nc2cc(CC#N)n(C3=CC=C3)c2nc1C. The minimum Gasteiger partial charge on any atom is -0.464 e. The normalized spacial score (nSPS) is 12.7. The molecule has 0 aliphatic heterocycles. The van der Waals surface area contributed by atoms with E-state index in [4.69, 9.17) is 10.00 Å². The molecule has 104 valence electrons. The van der Waals surface area contributed by atoms with Crippen LogP contribution in [0, 0.1) is 18.3 Å². The van der Waals surface area contributed by atoms with Crippen molar-refractivity contribution in [2.45, 2.75) is 13.3 Å². The molecule has 2 heterocycles. The van der Waals surface area contributed by atoms with Crippen LogP contribution in [0.2, 0.25) is 0 Å². The highest BCUT2D eigenvalue weighted by Gasteiger charge is 2.19. The van der Waals surface area contributed by atoms with E-state index in [0.29, 0.717) is 16.9 Å². The monoisotopic (exact) mass is 280 g/mol. The number of allylic oxidation sites excluding steroid dienone is 4. The Bertz CT molecular complexity index is 853. The van der Waals surface area contributed by atoms with Crippen molar-refractivity contribution in [1.82, 2.24) is 14.5 Å². The summed E-state index contributed by atoms with van der Waals surface area (Å²) in [6.45, 7) is 1.71. The molecular formula is C15H12N4O2. The first-order valence-corrected chi connectivity index (χ1v) is 6.38. The van der Waals surface area contributed by atoms with Crippen molar-refractivity contribution >= 4 is 22.8 Å². The van der Waals surface area contributed by atoms with E-state index >= 15 is 0 Å². The Morgan fingerprint density at radius 2 is 2.24 bits per heavy atom. The number of aromatic nitrogens is 3. The zero-order chi connectivity index (χ0) is 15.0. The summed E-state index contributed by atoms with van der Waals surface area (Å²) in [6, 6.07) is 3.91. The van der Waals surface area contributed by atoms with Crippen LogP contribution in [0.5, 0.6) is 0 Å². The number of esters is 1. The summed E-state index contributed by atoms with van der Waals surface area (Å²) in [5.41, 5.74) is 3.66. The van der Waals surface area contributed by atoms with Crippen molar-refractivity contribution in [2.24, 2.45) is 0 Å². The fraction of sp³-hybridized carbons (Fsp3) is 0.200. The van der Waals surface area contributed by atoms with Crippen molar-refractivity contribution in [3.05, 3.63) is 41.4 Å². The molecule has 0 unspecified atom stereocenters. The van der Waals surface area contributed by atoms with Crippen molar-refractivity contribution in [3.63, 3.8) is 0 Å². The Morgan fingerprint density at radius 3 is 2.81 bits per heavy atom. The molecule has 0 N–H and O–H groups in total. The van der Waals surface area contributed by atoms with Crippen molar-refractivity contribution < 1.29 is 9.53 Å². The summed E-state index contributed by atoms with van der Waals surface area (Å²) in [4.78, 5) is 20.5. The fourth-order valence-corrected chi connectivity index (χ4v) is 2.26. The van der Waals surface area contributed by atoms with E-state index in [1.165, 1.54) is 7.11 Å². The summed E-state index contributed by atoms with van der Waals surface area (Å²) in [5.74, 6) is -0.515. The van der Waals surface area contributed by atoms with Crippen molar-refractivity contribution in [3.8, 4) is 6.07 Å². The molecule has 3 rings (SSSR count). The molecule has 6 nitrogen and oxygen atoms in total. The molecule has 1 aliphatic rings. The van der Waals surface area contributed by atoms with Gasteiger partial charge in [0.2, 0.25) is 0 Å². The average molecular weight is 280 g/mol. The van der Waals surface area contributed by atoms with Gasteiger partial charge in [-0.2, -0.15) is 5.26 Å². The van der Waals surface area contributed by atoms with Gasteiger partial charge in [-0.15, -0.1) is 0 Å². The third kappa shape index (κ3) is 1.99. The van der Waals surface area contributed by atoms with Crippen LogP contribution in [0.4, 0.5) is 0 Å². The topological polar surface area (TPSA) is 80.8 Å². The maximum atomic E-state index is 11.7. The van der Waals surface area contributed by atoms with Crippen LogP contribution in [-0.2, 0) is 11.2 Å². The average Bonchev–Trinajstić information content (AvgIpc) is 2.74. The largest absolute Gasteiger partial charge is 0.464 e. The Kier molecular flexibility index (Phi) is 3.03. The molecule has 0 spiro atoms. The number of nitriles is 1. The molecule has 0 aromatic carbocycles. The molecule has 0 atom stereocenters. The molecule has 0 amide bonds. The zero-order valence-electron chi connectivity index (χ0n) is 11.6. The van der Waals surface area contributed by atoms with Crippen LogP contribution >= 0.6 is 0 Å². The molecule has 1 aliphatic carbocycles. The van der Waals surface area contributed by atoms with Crippen LogP contribution in [0.15, 0.2) is 24.3 Å². The van der Waals surface area contributed by atoms with E-state index in [-0.39, 0.29) is 12.1 Å². The standard InChI is InChI=1S/C15H12N4O2/c1-9-13(15(20)21-2)18-12-8-11(6-7-16)19(14(12)17-9)10-4-3-5-10/h3-5,8H,6H2,1-2H3. The second kappa shape index (κ2) is 4.87. The summed E-state index contributed by atoms with van der Waals surface area (Å²) < 4.78 is 6.60. The number of hydrogen-bond donors (Lipinski definition) is 0. The van der Waals surface area contributed by atoms with Crippen LogP contribution in [-0.4, -0.2) is 27.6 Å². The van der Waals surface area contributed by atoms with Crippen molar-refractivity contribution in [2.75, 3.05) is 7.11 Å². The van der Waals surface area contributed by atoms with Gasteiger partial charge in [-0.25, -0.2) is 14.8 Å². The highest BCUT2D eigenvalue weighted by atomic mass is 16.5. The summed E-state index contributed by atoms with van der Waals surface area (Å²) in [6.07, 6.45) is 6.04. The molecule has 0 fully saturated rings. The number of aryl methyl sites for hydroxylation is 1. The minimum atomic E-state index is -0.515. The lowest BCUT2D eigenvalue weighted by molar-refractivity contribution is 0.0593. The van der Waals surface area contributed by atoms with E-state index in [0.717, 1.165) is 11.4 Å². The molecule has 6 heteroatoms. The lowest BCUT2D eigenvalue weighted by Gasteiger charge is -2.13. The first-order valence-electron chi connectivity index (χ1n) is 6.38. The predicted molar refractivity (Wildman–Crippen MR) is 76.3 cm³/mol. The second-order valence-electron chi connectivity index (χ2n) is 4.61. The van der Waals surface area contributed by atoms with E-state index < -0.39 is 5.97 Å². The van der Waals surface area contributed by atoms with Crippen LogP contribution < -0.4 is 0 Å². The van der Waals surface area contributed by atoms with E-state index in [1.54, 1.807) is 13.0 Å². The highest BCUT2D eigenvalue weighted by molar-refractivity contribution is 5.91. The molecule has 0 saturated carbocycles. The van der Waals surface area contributed by atoms with Crippen LogP contribution in [0.1, 0.15) is 21.9 Å². The highest BCUT2D eigenvalue weighted by Crippen LogP contribution is 2.26. The van der Waals surface area contributed by atoms with Gasteiger partial charge in [-0.05, 0) is 25.1 Å². The molecule has 2 aromatic heterocycles. The number of ether oxygens (including phenoxy) is 1. The quantitative estimate of drug-likeness (QED) is 0.803. The van der Waals surface area contributed by atoms with Gasteiger partial charge >= 0.3 is 5.97 Å². The number of methoxy groups -OCH3 is 1. The first kappa shape index (κ1) is 13.1. The Labute approximate surface area is 121 Å². The van der Waals surface area contributed by atoms with Crippen LogP contribution in [0.25, 0.3) is 16.9 Å². The maximum Gasteiger partial charge on any atom is 0.358 e. The Balaban J connectivity index is 2.25. The number of fused-ring (bicyclic) bond motifs is 1. The number of carbonyl (C=O) groups excluding carboxylic acids is 1. The van der Waals surface area contributed by atoms with Gasteiger partial charge < -0.3 is 4.74 Å². The van der Waals surface area contributed by atoms with Gasteiger partial charge in [0.05, 0.1) is 25.3 Å². The minimum absolute atomic E-state index is 0.198. The predicted octanol–water partition coefficient (Wildman–Crippen LogP) is 2.00. The number of hydrogen-bond acceptors (Lipinski definition) is 5. The lowest BCUT2D eigenvalue weighted by atomic mass is 10.2. The van der Waals surface area contributed by atoms with Gasteiger partial charge in [0.1, 0.15) is 5.52 Å². The van der Waals surface area contributed by atoms with E-state index in [9.17, 15) is 4.79 Å². The summed E-state index contributed by atoms with van der Waals surface area (Å²) >= 11 is 0. The van der Waals surface area contributed by atoms with Gasteiger partial charge in [0.15, 0.2) is 11.3 Å². The van der Waals surface area contributed by atoms with Gasteiger partial charge in [-0.1, -0.05) is 6.08 Å².